The molecule has 0 bridgehead atoms. The molecule has 0 saturated heterocycles. The van der Waals surface area contributed by atoms with E-state index in [-0.39, 0.29) is 24.9 Å². The number of hydrogen-bond donors (Lipinski definition) is 2. The lowest BCUT2D eigenvalue weighted by Crippen LogP contribution is -2.36. The van der Waals surface area contributed by atoms with Gasteiger partial charge in [-0.1, -0.05) is 72.8 Å². The maximum Gasteiger partial charge on any atom is 0.256 e. The number of hydrogen-bond acceptors (Lipinski definition) is 8. The van der Waals surface area contributed by atoms with Crippen molar-refractivity contribution in [1.82, 2.24) is 19.5 Å². The number of fused-ring (bicyclic) bond motifs is 1. The van der Waals surface area contributed by atoms with Crippen LogP contribution in [0, 0.1) is 0 Å². The van der Waals surface area contributed by atoms with Crippen LogP contribution >= 0.6 is 0 Å². The largest absolute Gasteiger partial charge is 0.497 e. The summed E-state index contributed by atoms with van der Waals surface area (Å²) in [4.78, 5) is 25.8. The van der Waals surface area contributed by atoms with Crippen molar-refractivity contribution in [2.75, 3.05) is 26.1 Å². The second-order valence-corrected chi connectivity index (χ2v) is 10.6. The van der Waals surface area contributed by atoms with Gasteiger partial charge in [-0.15, -0.1) is 0 Å². The lowest BCUT2D eigenvalue weighted by molar-refractivity contribution is -0.0421. The summed E-state index contributed by atoms with van der Waals surface area (Å²) >= 11 is 0. The summed E-state index contributed by atoms with van der Waals surface area (Å²) in [7, 11) is 3.25. The van der Waals surface area contributed by atoms with Crippen LogP contribution in [0.15, 0.2) is 122 Å². The van der Waals surface area contributed by atoms with Crippen molar-refractivity contribution in [3.05, 3.63) is 144 Å². The number of methoxy groups -OCH3 is 2. The third kappa shape index (κ3) is 6.16. The average Bonchev–Trinajstić information content (AvgIpc) is 3.53. The zero-order valence-electron chi connectivity index (χ0n) is 25.4. The summed E-state index contributed by atoms with van der Waals surface area (Å²) in [5, 5.41) is 14.2. The number of aliphatic hydroxyl groups is 1. The van der Waals surface area contributed by atoms with Crippen molar-refractivity contribution in [1.29, 1.82) is 0 Å². The van der Waals surface area contributed by atoms with Crippen molar-refractivity contribution in [3.63, 3.8) is 0 Å². The van der Waals surface area contributed by atoms with E-state index in [9.17, 15) is 9.90 Å². The summed E-state index contributed by atoms with van der Waals surface area (Å²) in [6, 6.07) is 34.2. The van der Waals surface area contributed by atoms with Gasteiger partial charge in [-0.05, 0) is 53.1 Å². The smallest absolute Gasteiger partial charge is 0.256 e. The van der Waals surface area contributed by atoms with E-state index in [1.54, 1.807) is 49.4 Å². The van der Waals surface area contributed by atoms with Gasteiger partial charge in [0.25, 0.3) is 5.91 Å². The van der Waals surface area contributed by atoms with E-state index in [2.05, 4.69) is 20.3 Å². The maximum atomic E-state index is 12.8. The molecule has 10 nitrogen and oxygen atoms in total. The van der Waals surface area contributed by atoms with Crippen molar-refractivity contribution >= 4 is 22.9 Å². The minimum absolute atomic E-state index is 0.0324. The number of amides is 1. The molecule has 1 amide bonds. The van der Waals surface area contributed by atoms with E-state index in [0.29, 0.717) is 28.2 Å². The number of nitrogens with zero attached hydrogens (tertiary/aromatic N) is 4. The van der Waals surface area contributed by atoms with Crippen molar-refractivity contribution in [3.8, 4) is 11.5 Å². The molecule has 0 aliphatic rings. The van der Waals surface area contributed by atoms with Gasteiger partial charge < -0.3 is 29.2 Å². The quantitative estimate of drug-likeness (QED) is 0.174. The van der Waals surface area contributed by atoms with Gasteiger partial charge in [-0.2, -0.15) is 0 Å². The van der Waals surface area contributed by atoms with E-state index in [4.69, 9.17) is 14.2 Å². The number of carbonyl (C=O) groups excluding carboxylic acids is 1. The number of imidazole rings is 1. The van der Waals surface area contributed by atoms with E-state index in [1.165, 1.54) is 6.33 Å². The maximum absolute atomic E-state index is 12.8. The molecule has 232 valence electrons. The fourth-order valence-electron chi connectivity index (χ4n) is 5.45. The third-order valence-electron chi connectivity index (χ3n) is 7.74. The van der Waals surface area contributed by atoms with Crippen LogP contribution in [0.3, 0.4) is 0 Å². The van der Waals surface area contributed by atoms with Crippen molar-refractivity contribution < 1.29 is 24.1 Å². The molecule has 0 spiro atoms. The minimum Gasteiger partial charge on any atom is -0.497 e. The van der Waals surface area contributed by atoms with Gasteiger partial charge in [0.2, 0.25) is 0 Å². The Morgan fingerprint density at radius 1 is 0.783 bits per heavy atom. The Labute approximate surface area is 266 Å². The van der Waals surface area contributed by atoms with E-state index >= 15 is 0 Å². The first-order chi connectivity index (χ1) is 22.5. The Morgan fingerprint density at radius 3 is 1.93 bits per heavy atom. The second-order valence-electron chi connectivity index (χ2n) is 10.6. The molecule has 4 aromatic carbocycles. The summed E-state index contributed by atoms with van der Waals surface area (Å²) in [5.74, 6) is 1.41. The van der Waals surface area contributed by atoms with Crippen molar-refractivity contribution in [2.24, 2.45) is 0 Å². The average molecular weight is 616 g/mol. The fourth-order valence-corrected chi connectivity index (χ4v) is 5.45. The standard InChI is InChI=1S/C36H33N5O5/c1-44-30-17-13-27(14-18-30)36(26-11-7-4-8-12-26,28-15-19-31(45-2)20-16-28)46-22-29(42)21-41-24-39-32-33(37-23-38-34(32)41)40-35(43)25-9-5-3-6-10-25/h3-20,23-24,29,42H,21-22H2,1-2H3,(H,37,38,40,43)/t29-/m0/s1. The molecule has 2 heterocycles. The molecule has 1 atom stereocenters. The number of aromatic nitrogens is 4. The topological polar surface area (TPSA) is 121 Å². The molecule has 6 aromatic rings. The van der Waals surface area contributed by atoms with Gasteiger partial charge in [0.05, 0.1) is 39.8 Å². The molecule has 0 fully saturated rings. The number of ether oxygens (including phenoxy) is 3. The summed E-state index contributed by atoms with van der Waals surface area (Å²) in [5.41, 5.74) is 2.91. The van der Waals surface area contributed by atoms with Crippen LogP contribution < -0.4 is 14.8 Å². The minimum atomic E-state index is -1.07. The highest BCUT2D eigenvalue weighted by Crippen LogP contribution is 2.41. The lowest BCUT2D eigenvalue weighted by Gasteiger charge is -2.36. The first-order valence-corrected chi connectivity index (χ1v) is 14.7. The molecular formula is C36H33N5O5. The summed E-state index contributed by atoms with van der Waals surface area (Å²) in [6.07, 6.45) is 1.98. The highest BCUT2D eigenvalue weighted by atomic mass is 16.5. The summed E-state index contributed by atoms with van der Waals surface area (Å²) < 4.78 is 19.4. The molecule has 2 aromatic heterocycles. The van der Waals surface area contributed by atoms with Gasteiger partial charge in [-0.3, -0.25) is 4.79 Å². The van der Waals surface area contributed by atoms with Gasteiger partial charge in [0.1, 0.15) is 23.4 Å². The van der Waals surface area contributed by atoms with Gasteiger partial charge >= 0.3 is 0 Å². The third-order valence-corrected chi connectivity index (χ3v) is 7.74. The molecule has 0 unspecified atom stereocenters. The van der Waals surface area contributed by atoms with E-state index in [0.717, 1.165) is 16.7 Å². The number of rotatable bonds is 12. The highest BCUT2D eigenvalue weighted by molar-refractivity contribution is 6.06. The molecular weight excluding hydrogens is 582 g/mol. The molecule has 6 rings (SSSR count). The monoisotopic (exact) mass is 615 g/mol. The molecule has 2 N–H and O–H groups in total. The van der Waals surface area contributed by atoms with Crippen LogP contribution in [0.25, 0.3) is 11.2 Å². The van der Waals surface area contributed by atoms with Gasteiger partial charge in [-0.25, -0.2) is 15.0 Å². The number of nitrogens with one attached hydrogen (secondary N) is 1. The first-order valence-electron chi connectivity index (χ1n) is 14.7. The van der Waals surface area contributed by atoms with Crippen LogP contribution in [0.5, 0.6) is 11.5 Å². The number of carbonyl (C=O) groups is 1. The Bertz CT molecular complexity index is 1850. The second kappa shape index (κ2) is 13.6. The molecule has 0 aliphatic heterocycles. The summed E-state index contributed by atoms with van der Waals surface area (Å²) in [6.45, 7) is 0.102. The van der Waals surface area contributed by atoms with Crippen molar-refractivity contribution in [2.45, 2.75) is 18.2 Å². The highest BCUT2D eigenvalue weighted by Gasteiger charge is 2.38. The van der Waals surface area contributed by atoms with Crippen LogP contribution in [-0.2, 0) is 16.9 Å². The van der Waals surface area contributed by atoms with E-state index < -0.39 is 11.7 Å². The Balaban J connectivity index is 1.29. The van der Waals surface area contributed by atoms with Gasteiger partial charge in [0, 0.05) is 5.56 Å². The number of benzene rings is 4. The van der Waals surface area contributed by atoms with Crippen LogP contribution in [0.1, 0.15) is 27.0 Å². The van der Waals surface area contributed by atoms with E-state index in [1.807, 2.05) is 84.9 Å². The molecule has 46 heavy (non-hydrogen) atoms. The lowest BCUT2D eigenvalue weighted by atomic mass is 9.80. The SMILES string of the molecule is COc1ccc(C(OC[C@@H](O)Cn2cnc3c(NC(=O)c4ccccc4)ncnc32)(c2ccccc2)c2ccc(OC)cc2)cc1. The number of anilines is 1. The Kier molecular flexibility index (Phi) is 9.00. The number of aliphatic hydroxyl groups excluding tert-OH is 1. The molecule has 0 aliphatic carbocycles. The van der Waals surface area contributed by atoms with Gasteiger partial charge in [0.15, 0.2) is 17.0 Å². The Morgan fingerprint density at radius 2 is 1.35 bits per heavy atom. The normalized spacial score (nSPS) is 12.1. The molecule has 10 heteroatoms. The first kappa shape index (κ1) is 30.4. The Hall–Kier alpha value is -5.58. The zero-order valence-corrected chi connectivity index (χ0v) is 25.4. The fraction of sp³-hybridized carbons (Fsp3) is 0.167. The van der Waals surface area contributed by atoms with Crippen LogP contribution in [0.4, 0.5) is 5.82 Å². The van der Waals surface area contributed by atoms with Crippen LogP contribution in [-0.4, -0.2) is 57.5 Å². The predicted molar refractivity (Wildman–Crippen MR) is 174 cm³/mol. The zero-order chi connectivity index (χ0) is 31.9. The molecule has 0 saturated carbocycles. The predicted octanol–water partition coefficient (Wildman–Crippen LogP) is 5.47. The molecule has 0 radical (unpaired) electrons. The van der Waals surface area contributed by atoms with Crippen LogP contribution in [0.2, 0.25) is 0 Å².